The monoisotopic (exact) mass is 439 g/mol. The second-order valence-corrected chi connectivity index (χ2v) is 7.65. The molecule has 1 aliphatic heterocycles. The number of oxazole rings is 1. The van der Waals surface area contributed by atoms with Gasteiger partial charge in [0.05, 0.1) is 12.8 Å². The van der Waals surface area contributed by atoms with Crippen LogP contribution in [-0.4, -0.2) is 60.6 Å². The Morgan fingerprint density at radius 1 is 1.03 bits per heavy atom. The predicted octanol–water partition coefficient (Wildman–Crippen LogP) is 3.52. The molecule has 2 aromatic carbocycles. The molecule has 0 radical (unpaired) electrons. The number of aromatic nitrogens is 1. The van der Waals surface area contributed by atoms with Gasteiger partial charge in [-0.2, -0.15) is 0 Å². The first-order valence-corrected chi connectivity index (χ1v) is 10.5. The van der Waals surface area contributed by atoms with Crippen LogP contribution in [-0.2, 0) is 11.3 Å². The molecule has 3 aromatic rings. The van der Waals surface area contributed by atoms with Crippen LogP contribution in [0.25, 0.3) is 11.5 Å². The minimum Gasteiger partial charge on any atom is -0.497 e. The molecule has 2 heterocycles. The Labute approximate surface area is 186 Å². The molecule has 1 amide bonds. The van der Waals surface area contributed by atoms with Crippen molar-refractivity contribution in [1.82, 2.24) is 14.8 Å². The van der Waals surface area contributed by atoms with Crippen LogP contribution in [0.5, 0.6) is 11.5 Å². The maximum absolute atomic E-state index is 13.0. The lowest BCUT2D eigenvalue weighted by Crippen LogP contribution is -2.49. The Bertz CT molecular complexity index is 1040. The molecule has 168 valence electrons. The fourth-order valence-corrected chi connectivity index (χ4v) is 3.57. The third-order valence-corrected chi connectivity index (χ3v) is 5.50. The SMILES string of the molecule is COc1ccc(-c2nc(CN3CCN(C(=O)COc4ccc(F)cc4)CC3)c(C)o2)cc1. The van der Waals surface area contributed by atoms with Crippen molar-refractivity contribution in [2.75, 3.05) is 39.9 Å². The van der Waals surface area contributed by atoms with E-state index in [1.165, 1.54) is 24.3 Å². The van der Waals surface area contributed by atoms with Crippen molar-refractivity contribution >= 4 is 5.91 Å². The molecule has 1 saturated heterocycles. The molecule has 1 aromatic heterocycles. The highest BCUT2D eigenvalue weighted by Crippen LogP contribution is 2.25. The highest BCUT2D eigenvalue weighted by molar-refractivity contribution is 5.77. The number of hydrogen-bond acceptors (Lipinski definition) is 6. The largest absolute Gasteiger partial charge is 0.497 e. The van der Waals surface area contributed by atoms with E-state index in [0.717, 1.165) is 35.9 Å². The zero-order chi connectivity index (χ0) is 22.5. The molecular weight excluding hydrogens is 413 g/mol. The molecule has 0 atom stereocenters. The molecule has 1 fully saturated rings. The van der Waals surface area contributed by atoms with Gasteiger partial charge in [-0.05, 0) is 55.5 Å². The van der Waals surface area contributed by atoms with Gasteiger partial charge < -0.3 is 18.8 Å². The number of carbonyl (C=O) groups excluding carboxylic acids is 1. The number of benzene rings is 2. The summed E-state index contributed by atoms with van der Waals surface area (Å²) in [5.41, 5.74) is 1.80. The van der Waals surface area contributed by atoms with E-state index < -0.39 is 0 Å². The Morgan fingerprint density at radius 3 is 2.34 bits per heavy atom. The number of halogens is 1. The molecule has 8 heteroatoms. The van der Waals surface area contributed by atoms with Gasteiger partial charge in [-0.3, -0.25) is 9.69 Å². The lowest BCUT2D eigenvalue weighted by molar-refractivity contribution is -0.135. The normalized spacial score (nSPS) is 14.4. The molecule has 1 aliphatic rings. The van der Waals surface area contributed by atoms with Crippen molar-refractivity contribution in [3.63, 3.8) is 0 Å². The lowest BCUT2D eigenvalue weighted by atomic mass is 10.2. The van der Waals surface area contributed by atoms with E-state index in [1.54, 1.807) is 12.0 Å². The number of ether oxygens (including phenoxy) is 2. The third kappa shape index (κ3) is 5.26. The summed E-state index contributed by atoms with van der Waals surface area (Å²) < 4.78 is 29.5. The molecule has 0 aliphatic carbocycles. The molecule has 7 nitrogen and oxygen atoms in total. The Balaban J connectivity index is 1.27. The molecule has 0 unspecified atom stereocenters. The van der Waals surface area contributed by atoms with Crippen molar-refractivity contribution in [2.45, 2.75) is 13.5 Å². The van der Waals surface area contributed by atoms with Crippen molar-refractivity contribution in [3.8, 4) is 23.0 Å². The van der Waals surface area contributed by atoms with E-state index >= 15 is 0 Å². The van der Waals surface area contributed by atoms with Crippen LogP contribution < -0.4 is 9.47 Å². The van der Waals surface area contributed by atoms with E-state index in [0.29, 0.717) is 31.3 Å². The maximum Gasteiger partial charge on any atom is 0.260 e. The number of carbonyl (C=O) groups is 1. The zero-order valence-electron chi connectivity index (χ0n) is 18.2. The fourth-order valence-electron chi connectivity index (χ4n) is 3.57. The van der Waals surface area contributed by atoms with Crippen molar-refractivity contribution in [1.29, 1.82) is 0 Å². The quantitative estimate of drug-likeness (QED) is 0.561. The number of piperazine rings is 1. The van der Waals surface area contributed by atoms with Gasteiger partial charge in [0.2, 0.25) is 5.89 Å². The minimum atomic E-state index is -0.335. The van der Waals surface area contributed by atoms with Crippen LogP contribution in [0.4, 0.5) is 4.39 Å². The zero-order valence-corrected chi connectivity index (χ0v) is 18.2. The number of methoxy groups -OCH3 is 1. The van der Waals surface area contributed by atoms with Gasteiger partial charge >= 0.3 is 0 Å². The molecule has 32 heavy (non-hydrogen) atoms. The summed E-state index contributed by atoms with van der Waals surface area (Å²) in [4.78, 5) is 21.2. The van der Waals surface area contributed by atoms with Gasteiger partial charge in [-0.1, -0.05) is 0 Å². The summed E-state index contributed by atoms with van der Waals surface area (Å²) >= 11 is 0. The number of rotatable bonds is 7. The van der Waals surface area contributed by atoms with Crippen LogP contribution in [0.2, 0.25) is 0 Å². The first-order chi connectivity index (χ1) is 15.5. The first kappa shape index (κ1) is 21.8. The van der Waals surface area contributed by atoms with Gasteiger partial charge in [0.15, 0.2) is 6.61 Å². The topological polar surface area (TPSA) is 68.0 Å². The predicted molar refractivity (Wildman–Crippen MR) is 117 cm³/mol. The molecule has 0 N–H and O–H groups in total. The van der Waals surface area contributed by atoms with Crippen LogP contribution >= 0.6 is 0 Å². The van der Waals surface area contributed by atoms with E-state index in [4.69, 9.17) is 13.9 Å². The third-order valence-electron chi connectivity index (χ3n) is 5.50. The van der Waals surface area contributed by atoms with Gasteiger partial charge in [-0.25, -0.2) is 9.37 Å². The Hall–Kier alpha value is -3.39. The summed E-state index contributed by atoms with van der Waals surface area (Å²) in [6, 6.07) is 13.3. The second kappa shape index (κ2) is 9.82. The summed E-state index contributed by atoms with van der Waals surface area (Å²) in [6.07, 6.45) is 0. The highest BCUT2D eigenvalue weighted by Gasteiger charge is 2.23. The van der Waals surface area contributed by atoms with E-state index in [2.05, 4.69) is 9.88 Å². The minimum absolute atomic E-state index is 0.0563. The van der Waals surface area contributed by atoms with Crippen molar-refractivity contribution in [3.05, 3.63) is 65.8 Å². The second-order valence-electron chi connectivity index (χ2n) is 7.65. The van der Waals surface area contributed by atoms with Gasteiger partial charge in [0.1, 0.15) is 23.1 Å². The van der Waals surface area contributed by atoms with Crippen LogP contribution in [0, 0.1) is 12.7 Å². The number of nitrogens with zero attached hydrogens (tertiary/aromatic N) is 3. The summed E-state index contributed by atoms with van der Waals surface area (Å²) in [5, 5.41) is 0. The van der Waals surface area contributed by atoms with E-state index in [-0.39, 0.29) is 18.3 Å². The fraction of sp³-hybridized carbons (Fsp3) is 0.333. The molecule has 0 saturated carbocycles. The number of aryl methyl sites for hydroxylation is 1. The number of hydrogen-bond donors (Lipinski definition) is 0. The van der Waals surface area contributed by atoms with Gasteiger partial charge in [0.25, 0.3) is 5.91 Å². The Morgan fingerprint density at radius 2 is 1.69 bits per heavy atom. The van der Waals surface area contributed by atoms with Crippen LogP contribution in [0.3, 0.4) is 0 Å². The summed E-state index contributed by atoms with van der Waals surface area (Å²) in [6.45, 7) is 5.25. The lowest BCUT2D eigenvalue weighted by Gasteiger charge is -2.34. The highest BCUT2D eigenvalue weighted by atomic mass is 19.1. The number of amides is 1. The average Bonchev–Trinajstić information content (AvgIpc) is 3.19. The first-order valence-electron chi connectivity index (χ1n) is 10.5. The van der Waals surface area contributed by atoms with E-state index in [1.807, 2.05) is 31.2 Å². The van der Waals surface area contributed by atoms with Crippen LogP contribution in [0.15, 0.2) is 52.9 Å². The standard InChI is InChI=1S/C24H26FN3O4/c1-17-22(26-24(32-17)18-3-7-20(30-2)8-4-18)15-27-11-13-28(14-12-27)23(29)16-31-21-9-5-19(25)6-10-21/h3-10H,11-16H2,1-2H3. The molecular formula is C24H26FN3O4. The summed E-state index contributed by atoms with van der Waals surface area (Å²) in [7, 11) is 1.63. The summed E-state index contributed by atoms with van der Waals surface area (Å²) in [5.74, 6) is 2.24. The van der Waals surface area contributed by atoms with Gasteiger partial charge in [0, 0.05) is 38.3 Å². The smallest absolute Gasteiger partial charge is 0.260 e. The average molecular weight is 439 g/mol. The maximum atomic E-state index is 13.0. The van der Waals surface area contributed by atoms with Crippen molar-refractivity contribution in [2.24, 2.45) is 0 Å². The Kier molecular flexibility index (Phi) is 6.70. The van der Waals surface area contributed by atoms with Gasteiger partial charge in [-0.15, -0.1) is 0 Å². The van der Waals surface area contributed by atoms with Crippen LogP contribution in [0.1, 0.15) is 11.5 Å². The molecule has 4 rings (SSSR count). The molecule has 0 spiro atoms. The van der Waals surface area contributed by atoms with E-state index in [9.17, 15) is 9.18 Å². The molecule has 0 bridgehead atoms. The van der Waals surface area contributed by atoms with Crippen molar-refractivity contribution < 1.29 is 23.1 Å².